The minimum absolute atomic E-state index is 0.860. The first-order chi connectivity index (χ1) is 8.31. The Hall–Kier alpha value is -1.81. The second-order valence-corrected chi connectivity index (χ2v) is 4.57. The van der Waals surface area contributed by atoms with Crippen LogP contribution in [0.5, 0.6) is 0 Å². The van der Waals surface area contributed by atoms with Crippen molar-refractivity contribution in [1.82, 2.24) is 14.9 Å². The summed E-state index contributed by atoms with van der Waals surface area (Å²) in [7, 11) is 0. The number of benzene rings is 1. The Morgan fingerprint density at radius 2 is 2.18 bits per heavy atom. The van der Waals surface area contributed by atoms with Gasteiger partial charge in [0.1, 0.15) is 0 Å². The van der Waals surface area contributed by atoms with Gasteiger partial charge >= 0.3 is 0 Å². The van der Waals surface area contributed by atoms with Crippen LogP contribution >= 0.6 is 0 Å². The summed E-state index contributed by atoms with van der Waals surface area (Å²) in [6.45, 7) is 3.09. The number of fused-ring (bicyclic) bond motifs is 1. The van der Waals surface area contributed by atoms with Crippen molar-refractivity contribution < 1.29 is 0 Å². The molecule has 0 fully saturated rings. The van der Waals surface area contributed by atoms with Crippen LogP contribution in [0.3, 0.4) is 0 Å². The van der Waals surface area contributed by atoms with Gasteiger partial charge in [-0.2, -0.15) is 0 Å². The first-order valence-corrected chi connectivity index (χ1v) is 5.88. The predicted molar refractivity (Wildman–Crippen MR) is 67.3 cm³/mol. The molecule has 4 nitrogen and oxygen atoms in total. The van der Waals surface area contributed by atoms with E-state index in [1.54, 1.807) is 6.33 Å². The van der Waals surface area contributed by atoms with E-state index < -0.39 is 0 Å². The largest absolute Gasteiger partial charge is 0.399 e. The Kier molecular flexibility index (Phi) is 2.57. The number of rotatable bonds is 3. The van der Waals surface area contributed by atoms with Crippen molar-refractivity contribution in [2.45, 2.75) is 19.5 Å². The molecule has 2 aromatic rings. The highest BCUT2D eigenvalue weighted by Gasteiger charge is 2.18. The standard InChI is InChI=1S/C13H16N4/c14-12-2-1-10-7-17(8-11(10)5-12)4-3-13-6-15-9-16-13/h1-2,5-6,9H,3-4,7-8,14H2,(H,15,16). The van der Waals surface area contributed by atoms with Gasteiger partial charge in [-0.15, -0.1) is 0 Å². The lowest BCUT2D eigenvalue weighted by atomic mass is 10.1. The van der Waals surface area contributed by atoms with E-state index in [-0.39, 0.29) is 0 Å². The molecule has 3 N–H and O–H groups in total. The smallest absolute Gasteiger partial charge is 0.0921 e. The lowest BCUT2D eigenvalue weighted by Gasteiger charge is -2.13. The Morgan fingerprint density at radius 3 is 3.00 bits per heavy atom. The summed E-state index contributed by atoms with van der Waals surface area (Å²) >= 11 is 0. The van der Waals surface area contributed by atoms with Crippen LogP contribution in [0.25, 0.3) is 0 Å². The van der Waals surface area contributed by atoms with Gasteiger partial charge in [0.25, 0.3) is 0 Å². The van der Waals surface area contributed by atoms with Crippen LogP contribution in [0.15, 0.2) is 30.7 Å². The number of H-pyrrole nitrogens is 1. The van der Waals surface area contributed by atoms with Crippen LogP contribution in [0.2, 0.25) is 0 Å². The van der Waals surface area contributed by atoms with E-state index in [0.717, 1.165) is 31.7 Å². The first-order valence-electron chi connectivity index (χ1n) is 5.88. The maximum absolute atomic E-state index is 5.80. The molecule has 0 atom stereocenters. The zero-order valence-corrected chi connectivity index (χ0v) is 9.69. The fourth-order valence-electron chi connectivity index (χ4n) is 2.34. The molecule has 0 saturated carbocycles. The van der Waals surface area contributed by atoms with Crippen LogP contribution in [-0.4, -0.2) is 21.4 Å². The number of aromatic nitrogens is 2. The van der Waals surface area contributed by atoms with Gasteiger partial charge in [0, 0.05) is 43.6 Å². The average Bonchev–Trinajstić information content (AvgIpc) is 2.94. The molecule has 0 radical (unpaired) electrons. The normalized spacial score (nSPS) is 15.1. The molecule has 1 aromatic heterocycles. The lowest BCUT2D eigenvalue weighted by molar-refractivity contribution is 0.287. The van der Waals surface area contributed by atoms with Gasteiger partial charge in [-0.25, -0.2) is 4.98 Å². The SMILES string of the molecule is Nc1ccc2c(c1)CN(CCc1cnc[nH]1)C2. The van der Waals surface area contributed by atoms with Gasteiger partial charge in [0.2, 0.25) is 0 Å². The zero-order valence-electron chi connectivity index (χ0n) is 9.69. The van der Waals surface area contributed by atoms with Gasteiger partial charge in [-0.3, -0.25) is 4.90 Å². The topological polar surface area (TPSA) is 57.9 Å². The van der Waals surface area contributed by atoms with Crippen molar-refractivity contribution in [2.24, 2.45) is 0 Å². The number of aromatic amines is 1. The van der Waals surface area contributed by atoms with E-state index >= 15 is 0 Å². The van der Waals surface area contributed by atoms with Crippen molar-refractivity contribution in [3.05, 3.63) is 47.5 Å². The van der Waals surface area contributed by atoms with Crippen LogP contribution in [0, 0.1) is 0 Å². The number of nitrogens with one attached hydrogen (secondary N) is 1. The van der Waals surface area contributed by atoms with Crippen molar-refractivity contribution in [2.75, 3.05) is 12.3 Å². The van der Waals surface area contributed by atoms with Crippen molar-refractivity contribution in [1.29, 1.82) is 0 Å². The molecule has 88 valence electrons. The second kappa shape index (κ2) is 4.22. The van der Waals surface area contributed by atoms with Crippen LogP contribution in [0.4, 0.5) is 5.69 Å². The third kappa shape index (κ3) is 2.17. The molecule has 0 aliphatic carbocycles. The van der Waals surface area contributed by atoms with Gasteiger partial charge in [0.15, 0.2) is 0 Å². The molecule has 17 heavy (non-hydrogen) atoms. The molecule has 1 aromatic carbocycles. The van der Waals surface area contributed by atoms with Crippen molar-refractivity contribution >= 4 is 5.69 Å². The number of hydrogen-bond donors (Lipinski definition) is 2. The number of nitrogens with zero attached hydrogens (tertiary/aromatic N) is 2. The highest BCUT2D eigenvalue weighted by atomic mass is 15.1. The summed E-state index contributed by atoms with van der Waals surface area (Å²) in [4.78, 5) is 9.60. The van der Waals surface area contributed by atoms with E-state index in [9.17, 15) is 0 Å². The van der Waals surface area contributed by atoms with E-state index in [1.165, 1.54) is 16.8 Å². The highest BCUT2D eigenvalue weighted by Crippen LogP contribution is 2.24. The molecule has 1 aliphatic rings. The monoisotopic (exact) mass is 228 g/mol. The maximum atomic E-state index is 5.80. The predicted octanol–water partition coefficient (Wildman–Crippen LogP) is 1.55. The number of anilines is 1. The summed E-state index contributed by atoms with van der Waals surface area (Å²) in [5.74, 6) is 0. The summed E-state index contributed by atoms with van der Waals surface area (Å²) in [5, 5.41) is 0. The Bertz CT molecular complexity index is 504. The van der Waals surface area contributed by atoms with Crippen LogP contribution in [0.1, 0.15) is 16.8 Å². The number of nitrogen functional groups attached to an aromatic ring is 1. The summed E-state index contributed by atoms with van der Waals surface area (Å²) in [6, 6.07) is 6.21. The fraction of sp³-hybridized carbons (Fsp3) is 0.308. The molecule has 0 saturated heterocycles. The van der Waals surface area contributed by atoms with Gasteiger partial charge in [-0.05, 0) is 23.3 Å². The van der Waals surface area contributed by atoms with Crippen molar-refractivity contribution in [3.8, 4) is 0 Å². The molecule has 0 unspecified atom stereocenters. The molecule has 1 aliphatic heterocycles. The summed E-state index contributed by atoms with van der Waals surface area (Å²) in [6.07, 6.45) is 4.64. The molecule has 0 bridgehead atoms. The van der Waals surface area contributed by atoms with Gasteiger partial charge in [0.05, 0.1) is 6.33 Å². The zero-order chi connectivity index (χ0) is 11.7. The van der Waals surface area contributed by atoms with E-state index in [1.807, 2.05) is 12.3 Å². The summed E-state index contributed by atoms with van der Waals surface area (Å²) < 4.78 is 0. The molecule has 0 amide bonds. The van der Waals surface area contributed by atoms with E-state index in [4.69, 9.17) is 5.73 Å². The van der Waals surface area contributed by atoms with Crippen LogP contribution in [-0.2, 0) is 19.5 Å². The van der Waals surface area contributed by atoms with Gasteiger partial charge < -0.3 is 10.7 Å². The molecule has 2 heterocycles. The third-order valence-corrected chi connectivity index (χ3v) is 3.27. The van der Waals surface area contributed by atoms with Crippen LogP contribution < -0.4 is 5.73 Å². The highest BCUT2D eigenvalue weighted by molar-refractivity contribution is 5.46. The first kappa shape index (κ1) is 10.4. The number of hydrogen-bond acceptors (Lipinski definition) is 3. The Labute approximate surface area is 100 Å². The molecular weight excluding hydrogens is 212 g/mol. The second-order valence-electron chi connectivity index (χ2n) is 4.57. The average molecular weight is 228 g/mol. The maximum Gasteiger partial charge on any atom is 0.0921 e. The minimum Gasteiger partial charge on any atom is -0.399 e. The number of imidazole rings is 1. The molecule has 4 heteroatoms. The third-order valence-electron chi connectivity index (χ3n) is 3.27. The van der Waals surface area contributed by atoms with E-state index in [0.29, 0.717) is 0 Å². The lowest BCUT2D eigenvalue weighted by Crippen LogP contribution is -2.19. The van der Waals surface area contributed by atoms with Gasteiger partial charge in [-0.1, -0.05) is 6.07 Å². The quantitative estimate of drug-likeness (QED) is 0.784. The van der Waals surface area contributed by atoms with Crippen molar-refractivity contribution in [3.63, 3.8) is 0 Å². The fourth-order valence-corrected chi connectivity index (χ4v) is 2.34. The summed E-state index contributed by atoms with van der Waals surface area (Å²) in [5.41, 5.74) is 10.6. The Balaban J connectivity index is 1.62. The molecule has 3 rings (SSSR count). The van der Waals surface area contributed by atoms with E-state index in [2.05, 4.69) is 27.0 Å². The molecular formula is C13H16N4. The molecule has 0 spiro atoms. The minimum atomic E-state index is 0.860. The Morgan fingerprint density at radius 1 is 1.29 bits per heavy atom. The number of nitrogens with two attached hydrogens (primary N) is 1.